The molecule has 28 heavy (non-hydrogen) atoms. The molecular weight excluding hydrogens is 364 g/mol. The summed E-state index contributed by atoms with van der Waals surface area (Å²) in [6.07, 6.45) is 0.211. The van der Waals surface area contributed by atoms with E-state index in [1.54, 1.807) is 49.4 Å². The topological polar surface area (TPSA) is 75.4 Å². The minimum absolute atomic E-state index is 0.0117. The number of anilines is 1. The lowest BCUT2D eigenvalue weighted by Crippen LogP contribution is -2.42. The van der Waals surface area contributed by atoms with Gasteiger partial charge in [0.25, 0.3) is 5.92 Å². The molecule has 2 unspecified atom stereocenters. The van der Waals surface area contributed by atoms with E-state index in [1.807, 2.05) is 0 Å². The number of benzene rings is 2. The Morgan fingerprint density at radius 2 is 1.89 bits per heavy atom. The van der Waals surface area contributed by atoms with Crippen molar-refractivity contribution >= 4 is 17.6 Å². The number of nitrogens with one attached hydrogen (secondary N) is 1. The van der Waals surface area contributed by atoms with Gasteiger partial charge in [0.15, 0.2) is 0 Å². The van der Waals surface area contributed by atoms with E-state index in [0.717, 1.165) is 5.56 Å². The fourth-order valence-corrected chi connectivity index (χ4v) is 4.43. The highest BCUT2D eigenvalue weighted by Gasteiger charge is 2.81. The summed E-state index contributed by atoms with van der Waals surface area (Å²) in [6.45, 7) is 2.01. The molecule has 3 amide bonds. The molecule has 2 aliphatic rings. The number of alkyl halides is 2. The summed E-state index contributed by atoms with van der Waals surface area (Å²) >= 11 is 0. The van der Waals surface area contributed by atoms with Crippen LogP contribution in [0, 0.1) is 12.8 Å². The number of hydrogen-bond acceptors (Lipinski definition) is 2. The maximum Gasteiger partial charge on any atom is 0.321 e. The number of halogens is 2. The zero-order chi connectivity index (χ0) is 20.1. The smallest absolute Gasteiger partial charge is 0.321 e. The number of nitrogens with zero attached hydrogens (tertiary/aromatic N) is 1. The van der Waals surface area contributed by atoms with Crippen LogP contribution in [-0.4, -0.2) is 35.9 Å². The zero-order valence-electron chi connectivity index (χ0n) is 15.4. The number of rotatable bonds is 3. The number of carbonyl (C=O) groups is 2. The Morgan fingerprint density at radius 3 is 2.54 bits per heavy atom. The van der Waals surface area contributed by atoms with Crippen molar-refractivity contribution in [3.05, 3.63) is 65.2 Å². The Hall–Kier alpha value is -2.96. The van der Waals surface area contributed by atoms with Crippen LogP contribution in [0.2, 0.25) is 0 Å². The van der Waals surface area contributed by atoms with Gasteiger partial charge in [-0.15, -0.1) is 0 Å². The second kappa shape index (κ2) is 6.29. The summed E-state index contributed by atoms with van der Waals surface area (Å²) in [7, 11) is 0. The average molecular weight is 385 g/mol. The average Bonchev–Trinajstić information content (AvgIpc) is 3.18. The van der Waals surface area contributed by atoms with Crippen molar-refractivity contribution in [2.45, 2.75) is 24.7 Å². The lowest BCUT2D eigenvalue weighted by Gasteiger charge is -2.30. The van der Waals surface area contributed by atoms with E-state index in [2.05, 4.69) is 5.32 Å². The number of hydrogen-bond donors (Lipinski definition) is 2. The minimum atomic E-state index is -2.83. The lowest BCUT2D eigenvalue weighted by molar-refractivity contribution is 0.0776. The second-order valence-electron chi connectivity index (χ2n) is 7.59. The van der Waals surface area contributed by atoms with Gasteiger partial charge in [0.05, 0.1) is 11.3 Å². The maximum atomic E-state index is 14.7. The molecule has 1 saturated heterocycles. The lowest BCUT2D eigenvalue weighted by atomic mass is 9.87. The highest BCUT2D eigenvalue weighted by atomic mass is 19.3. The Bertz CT molecular complexity index is 948. The summed E-state index contributed by atoms with van der Waals surface area (Å²) in [6, 6.07) is 13.2. The van der Waals surface area contributed by atoms with Crippen LogP contribution in [0.15, 0.2) is 48.5 Å². The number of primary amides is 1. The molecule has 3 N–H and O–H groups in total. The van der Waals surface area contributed by atoms with E-state index < -0.39 is 29.2 Å². The second-order valence-corrected chi connectivity index (χ2v) is 7.59. The van der Waals surface area contributed by atoms with E-state index >= 15 is 0 Å². The first-order chi connectivity index (χ1) is 13.3. The standard InChI is InChI=1S/C21H21F2N3O2/c1-13-9-14(18(24)27)11-16(10-13)25-19(28)26-8-7-20(15-5-3-2-4-6-15)17(12-26)21(20,22)23/h2-6,9-11,17H,7-8,12H2,1H3,(H2,24,27)(H,25,28). The quantitative estimate of drug-likeness (QED) is 0.848. The van der Waals surface area contributed by atoms with Gasteiger partial charge in [-0.2, -0.15) is 0 Å². The molecule has 0 spiro atoms. The van der Waals surface area contributed by atoms with Gasteiger partial charge in [-0.1, -0.05) is 30.3 Å². The predicted molar refractivity (Wildman–Crippen MR) is 101 cm³/mol. The normalized spacial score (nSPS) is 25.0. The van der Waals surface area contributed by atoms with Crippen molar-refractivity contribution < 1.29 is 18.4 Å². The number of piperidine rings is 1. The summed E-state index contributed by atoms with van der Waals surface area (Å²) < 4.78 is 29.4. The van der Waals surface area contributed by atoms with E-state index in [9.17, 15) is 18.4 Å². The first-order valence-corrected chi connectivity index (χ1v) is 9.16. The van der Waals surface area contributed by atoms with Crippen molar-refractivity contribution in [3.63, 3.8) is 0 Å². The van der Waals surface area contributed by atoms with Crippen LogP contribution in [0.3, 0.4) is 0 Å². The molecule has 5 nitrogen and oxygen atoms in total. The maximum absolute atomic E-state index is 14.7. The third-order valence-corrected chi connectivity index (χ3v) is 5.91. The number of carbonyl (C=O) groups excluding carboxylic acids is 2. The molecule has 146 valence electrons. The van der Waals surface area contributed by atoms with E-state index in [0.29, 0.717) is 11.3 Å². The van der Waals surface area contributed by atoms with Crippen molar-refractivity contribution in [1.82, 2.24) is 4.90 Å². The summed E-state index contributed by atoms with van der Waals surface area (Å²) in [5.41, 5.74) is 6.23. The molecule has 1 heterocycles. The third kappa shape index (κ3) is 2.73. The molecule has 1 aliphatic heterocycles. The van der Waals surface area contributed by atoms with Gasteiger partial charge in [0, 0.05) is 24.3 Å². The Morgan fingerprint density at radius 1 is 1.18 bits per heavy atom. The molecule has 2 aromatic carbocycles. The van der Waals surface area contributed by atoms with E-state index in [-0.39, 0.29) is 25.1 Å². The van der Waals surface area contributed by atoms with Crippen molar-refractivity contribution in [2.24, 2.45) is 11.7 Å². The molecule has 1 aliphatic carbocycles. The molecule has 2 fully saturated rings. The van der Waals surface area contributed by atoms with Crippen molar-refractivity contribution in [2.75, 3.05) is 18.4 Å². The van der Waals surface area contributed by atoms with Gasteiger partial charge in [-0.05, 0) is 42.7 Å². The molecule has 2 atom stereocenters. The van der Waals surface area contributed by atoms with Gasteiger partial charge in [-0.3, -0.25) is 4.79 Å². The van der Waals surface area contributed by atoms with Crippen LogP contribution in [0.25, 0.3) is 0 Å². The van der Waals surface area contributed by atoms with E-state index in [1.165, 1.54) is 11.0 Å². The highest BCUT2D eigenvalue weighted by molar-refractivity contribution is 5.96. The Balaban J connectivity index is 1.50. The fourth-order valence-electron chi connectivity index (χ4n) is 4.43. The number of likely N-dealkylation sites (tertiary alicyclic amines) is 1. The largest absolute Gasteiger partial charge is 0.366 e. The molecule has 2 aromatic rings. The monoisotopic (exact) mass is 385 g/mol. The van der Waals surface area contributed by atoms with Crippen LogP contribution < -0.4 is 11.1 Å². The molecule has 0 bridgehead atoms. The molecule has 0 aromatic heterocycles. The van der Waals surface area contributed by atoms with Crippen LogP contribution in [0.1, 0.15) is 27.9 Å². The summed E-state index contributed by atoms with van der Waals surface area (Å²) in [5.74, 6) is -4.31. The van der Waals surface area contributed by atoms with Gasteiger partial charge in [-0.25, -0.2) is 13.6 Å². The van der Waals surface area contributed by atoms with Gasteiger partial charge < -0.3 is 16.0 Å². The van der Waals surface area contributed by atoms with Crippen LogP contribution in [-0.2, 0) is 5.41 Å². The number of nitrogens with two attached hydrogens (primary N) is 1. The van der Waals surface area contributed by atoms with Crippen molar-refractivity contribution in [3.8, 4) is 0 Å². The molecule has 4 rings (SSSR count). The number of aryl methyl sites for hydroxylation is 1. The first kappa shape index (κ1) is 18.4. The fraction of sp³-hybridized carbons (Fsp3) is 0.333. The minimum Gasteiger partial charge on any atom is -0.366 e. The SMILES string of the molecule is Cc1cc(NC(=O)N2CCC3(c4ccccc4)C(C2)C3(F)F)cc(C(N)=O)c1. The van der Waals surface area contributed by atoms with Crippen LogP contribution in [0.5, 0.6) is 0 Å². The van der Waals surface area contributed by atoms with Gasteiger partial charge >= 0.3 is 6.03 Å². The first-order valence-electron chi connectivity index (χ1n) is 9.16. The van der Waals surface area contributed by atoms with Crippen LogP contribution >= 0.6 is 0 Å². The van der Waals surface area contributed by atoms with Gasteiger partial charge in [0.2, 0.25) is 5.91 Å². The van der Waals surface area contributed by atoms with Crippen molar-refractivity contribution in [1.29, 1.82) is 0 Å². The third-order valence-electron chi connectivity index (χ3n) is 5.91. The number of urea groups is 1. The molecule has 0 radical (unpaired) electrons. The van der Waals surface area contributed by atoms with Crippen LogP contribution in [0.4, 0.5) is 19.3 Å². The Labute approximate surface area is 161 Å². The molecule has 7 heteroatoms. The summed E-state index contributed by atoms with van der Waals surface area (Å²) in [4.78, 5) is 25.4. The summed E-state index contributed by atoms with van der Waals surface area (Å²) in [5, 5.41) is 2.70. The number of amides is 3. The predicted octanol–water partition coefficient (Wildman–Crippen LogP) is 3.53. The van der Waals surface area contributed by atoms with Gasteiger partial charge in [0.1, 0.15) is 0 Å². The molecular formula is C21H21F2N3O2. The number of fused-ring (bicyclic) bond motifs is 1. The molecule has 1 saturated carbocycles. The zero-order valence-corrected chi connectivity index (χ0v) is 15.4. The Kier molecular flexibility index (Phi) is 4.14. The highest BCUT2D eigenvalue weighted by Crippen LogP contribution is 2.70. The van der Waals surface area contributed by atoms with E-state index in [4.69, 9.17) is 5.73 Å².